The zero-order valence-corrected chi connectivity index (χ0v) is 11.5. The Morgan fingerprint density at radius 2 is 2.15 bits per heavy atom. The zero-order valence-electron chi connectivity index (χ0n) is 11.5. The maximum atomic E-state index is 11.9. The van der Waals surface area contributed by atoms with Crippen molar-refractivity contribution in [2.24, 2.45) is 5.92 Å². The van der Waals surface area contributed by atoms with E-state index in [1.807, 2.05) is 30.3 Å². The first kappa shape index (κ1) is 14.3. The van der Waals surface area contributed by atoms with Crippen LogP contribution in [0.3, 0.4) is 0 Å². The minimum absolute atomic E-state index is 0.00525. The van der Waals surface area contributed by atoms with Gasteiger partial charge in [0.2, 0.25) is 0 Å². The predicted octanol–water partition coefficient (Wildman–Crippen LogP) is 2.79. The third-order valence-corrected chi connectivity index (χ3v) is 3.46. The van der Waals surface area contributed by atoms with Gasteiger partial charge in [-0.2, -0.15) is 0 Å². The highest BCUT2D eigenvalue weighted by atomic mass is 16.6. The van der Waals surface area contributed by atoms with E-state index < -0.39 is 6.09 Å². The van der Waals surface area contributed by atoms with Gasteiger partial charge in [0, 0.05) is 12.5 Å². The Hall–Kier alpha value is -2.10. The molecule has 0 aromatic heterocycles. The number of allylic oxidation sites excluding steroid dienone is 1. The highest BCUT2D eigenvalue weighted by Crippen LogP contribution is 2.18. The van der Waals surface area contributed by atoms with E-state index in [2.05, 4.69) is 6.58 Å². The van der Waals surface area contributed by atoms with Crippen molar-refractivity contribution in [3.05, 3.63) is 48.6 Å². The van der Waals surface area contributed by atoms with E-state index in [4.69, 9.17) is 4.74 Å². The van der Waals surface area contributed by atoms with Gasteiger partial charge in [0.25, 0.3) is 0 Å². The van der Waals surface area contributed by atoms with E-state index in [0.29, 0.717) is 19.4 Å². The van der Waals surface area contributed by atoms with Gasteiger partial charge in [-0.3, -0.25) is 4.79 Å². The largest absolute Gasteiger partial charge is 0.445 e. The van der Waals surface area contributed by atoms with Crippen molar-refractivity contribution in [3.63, 3.8) is 0 Å². The van der Waals surface area contributed by atoms with E-state index >= 15 is 0 Å². The molecule has 20 heavy (non-hydrogen) atoms. The first-order valence-corrected chi connectivity index (χ1v) is 6.80. The summed E-state index contributed by atoms with van der Waals surface area (Å²) in [5, 5.41) is 0. The third-order valence-electron chi connectivity index (χ3n) is 3.46. The number of hydrogen-bond acceptors (Lipinski definition) is 3. The number of hydrogen-bond donors (Lipinski definition) is 0. The van der Waals surface area contributed by atoms with Crippen LogP contribution in [0.1, 0.15) is 18.4 Å². The molecule has 2 rings (SSSR count). The van der Waals surface area contributed by atoms with Gasteiger partial charge in [-0.05, 0) is 18.4 Å². The Bertz CT molecular complexity index is 484. The Kier molecular flexibility index (Phi) is 4.93. The molecule has 1 aromatic rings. The second-order valence-corrected chi connectivity index (χ2v) is 4.94. The average Bonchev–Trinajstić information content (AvgIpc) is 2.48. The monoisotopic (exact) mass is 273 g/mol. The third kappa shape index (κ3) is 3.70. The lowest BCUT2D eigenvalue weighted by atomic mass is 9.92. The Morgan fingerprint density at radius 3 is 2.80 bits per heavy atom. The molecule has 0 aliphatic carbocycles. The van der Waals surface area contributed by atoms with Crippen LogP contribution in [0.5, 0.6) is 0 Å². The number of nitrogens with zero attached hydrogens (tertiary/aromatic N) is 1. The molecule has 1 amide bonds. The molecule has 0 N–H and O–H groups in total. The summed E-state index contributed by atoms with van der Waals surface area (Å²) >= 11 is 0. The number of piperidine rings is 1. The highest BCUT2D eigenvalue weighted by molar-refractivity contribution is 5.87. The average molecular weight is 273 g/mol. The molecule has 1 atom stereocenters. The number of amides is 1. The van der Waals surface area contributed by atoms with Crippen LogP contribution in [0.25, 0.3) is 0 Å². The van der Waals surface area contributed by atoms with E-state index in [-0.39, 0.29) is 24.9 Å². The lowest BCUT2D eigenvalue weighted by Gasteiger charge is -2.29. The van der Waals surface area contributed by atoms with Crippen molar-refractivity contribution in [1.29, 1.82) is 0 Å². The van der Waals surface area contributed by atoms with Gasteiger partial charge >= 0.3 is 6.09 Å². The van der Waals surface area contributed by atoms with E-state index in [9.17, 15) is 9.59 Å². The van der Waals surface area contributed by atoms with Crippen molar-refractivity contribution >= 4 is 11.9 Å². The number of likely N-dealkylation sites (tertiary alicyclic amines) is 1. The molecule has 0 saturated carbocycles. The standard InChI is InChI=1S/C16H19NO3/c1-2-6-14-9-10-17(11-15(14)18)16(19)20-12-13-7-4-3-5-8-13/h2-5,7-8,14H,1,6,9-12H2. The number of ketones is 1. The quantitative estimate of drug-likeness (QED) is 0.792. The second kappa shape index (κ2) is 6.89. The fraction of sp³-hybridized carbons (Fsp3) is 0.375. The fourth-order valence-corrected chi connectivity index (χ4v) is 2.29. The Morgan fingerprint density at radius 1 is 1.40 bits per heavy atom. The van der Waals surface area contributed by atoms with Gasteiger partial charge in [0.15, 0.2) is 5.78 Å². The molecule has 0 radical (unpaired) electrons. The summed E-state index contributed by atoms with van der Waals surface area (Å²) in [4.78, 5) is 25.3. The number of Topliss-reactive ketones (excluding diaryl/α,β-unsaturated/α-hetero) is 1. The molecule has 1 aromatic carbocycles. The smallest absolute Gasteiger partial charge is 0.410 e. The summed E-state index contributed by atoms with van der Waals surface area (Å²) in [6, 6.07) is 9.50. The summed E-state index contributed by atoms with van der Waals surface area (Å²) < 4.78 is 5.23. The Balaban J connectivity index is 1.82. The van der Waals surface area contributed by atoms with Gasteiger partial charge in [-0.15, -0.1) is 6.58 Å². The van der Waals surface area contributed by atoms with Crippen molar-refractivity contribution in [3.8, 4) is 0 Å². The van der Waals surface area contributed by atoms with Crippen LogP contribution < -0.4 is 0 Å². The van der Waals surface area contributed by atoms with Gasteiger partial charge in [-0.1, -0.05) is 36.4 Å². The van der Waals surface area contributed by atoms with E-state index in [1.165, 1.54) is 4.90 Å². The highest BCUT2D eigenvalue weighted by Gasteiger charge is 2.29. The van der Waals surface area contributed by atoms with Crippen molar-refractivity contribution in [2.75, 3.05) is 13.1 Å². The van der Waals surface area contributed by atoms with Gasteiger partial charge in [0.05, 0.1) is 6.54 Å². The molecule has 0 bridgehead atoms. The molecule has 1 unspecified atom stereocenters. The molecule has 106 valence electrons. The molecule has 4 nitrogen and oxygen atoms in total. The minimum Gasteiger partial charge on any atom is -0.445 e. The number of carbonyl (C=O) groups excluding carboxylic acids is 2. The van der Waals surface area contributed by atoms with Crippen LogP contribution in [0.15, 0.2) is 43.0 Å². The van der Waals surface area contributed by atoms with E-state index in [1.54, 1.807) is 6.08 Å². The zero-order chi connectivity index (χ0) is 14.4. The lowest BCUT2D eigenvalue weighted by molar-refractivity contribution is -0.126. The van der Waals surface area contributed by atoms with Crippen LogP contribution in [-0.2, 0) is 16.1 Å². The van der Waals surface area contributed by atoms with E-state index in [0.717, 1.165) is 5.56 Å². The number of benzene rings is 1. The van der Waals surface area contributed by atoms with Gasteiger partial charge in [-0.25, -0.2) is 4.79 Å². The molecule has 0 spiro atoms. The topological polar surface area (TPSA) is 46.6 Å². The maximum absolute atomic E-state index is 11.9. The SMILES string of the molecule is C=CCC1CCN(C(=O)OCc2ccccc2)CC1=O. The normalized spacial score (nSPS) is 18.7. The lowest BCUT2D eigenvalue weighted by Crippen LogP contribution is -2.44. The molecule has 1 aliphatic heterocycles. The predicted molar refractivity (Wildman–Crippen MR) is 76.1 cm³/mol. The van der Waals surface area contributed by atoms with Crippen molar-refractivity contribution < 1.29 is 14.3 Å². The fourth-order valence-electron chi connectivity index (χ4n) is 2.29. The summed E-state index contributed by atoms with van der Waals surface area (Å²) in [6.07, 6.45) is 2.71. The molecule has 1 heterocycles. The summed E-state index contributed by atoms with van der Waals surface area (Å²) in [5.74, 6) is 0.0958. The van der Waals surface area contributed by atoms with Crippen LogP contribution in [0.4, 0.5) is 4.79 Å². The van der Waals surface area contributed by atoms with Crippen LogP contribution in [0, 0.1) is 5.92 Å². The molecular formula is C16H19NO3. The molecule has 1 aliphatic rings. The number of carbonyl (C=O) groups is 2. The van der Waals surface area contributed by atoms with Crippen molar-refractivity contribution in [2.45, 2.75) is 19.4 Å². The molecule has 4 heteroatoms. The minimum atomic E-state index is -0.417. The summed E-state index contributed by atoms with van der Waals surface area (Å²) in [6.45, 7) is 4.60. The van der Waals surface area contributed by atoms with Crippen LogP contribution >= 0.6 is 0 Å². The number of rotatable bonds is 4. The Labute approximate surface area is 119 Å². The van der Waals surface area contributed by atoms with Gasteiger partial charge in [0.1, 0.15) is 6.61 Å². The molecule has 1 saturated heterocycles. The number of ether oxygens (including phenoxy) is 1. The summed E-state index contributed by atoms with van der Waals surface area (Å²) in [5.41, 5.74) is 0.939. The molecular weight excluding hydrogens is 254 g/mol. The van der Waals surface area contributed by atoms with Crippen LogP contribution in [0.2, 0.25) is 0 Å². The van der Waals surface area contributed by atoms with Crippen molar-refractivity contribution in [1.82, 2.24) is 4.90 Å². The first-order chi connectivity index (χ1) is 9.70. The second-order valence-electron chi connectivity index (χ2n) is 4.94. The summed E-state index contributed by atoms with van der Waals surface area (Å²) in [7, 11) is 0. The molecule has 1 fully saturated rings. The first-order valence-electron chi connectivity index (χ1n) is 6.80. The van der Waals surface area contributed by atoms with Gasteiger partial charge < -0.3 is 9.64 Å². The maximum Gasteiger partial charge on any atom is 0.410 e. The van der Waals surface area contributed by atoms with Crippen LogP contribution in [-0.4, -0.2) is 29.9 Å².